The Morgan fingerprint density at radius 1 is 0.769 bits per heavy atom. The van der Waals surface area contributed by atoms with Crippen molar-refractivity contribution in [1.29, 1.82) is 0 Å². The highest BCUT2D eigenvalue weighted by Gasteiger charge is 2.07. The van der Waals surface area contributed by atoms with Crippen molar-refractivity contribution in [2.75, 3.05) is 0 Å². The van der Waals surface area contributed by atoms with Crippen LogP contribution in [0, 0.1) is 0 Å². The fourth-order valence-corrected chi connectivity index (χ4v) is 2.73. The summed E-state index contributed by atoms with van der Waals surface area (Å²) in [4.78, 5) is 15.5. The van der Waals surface area contributed by atoms with Crippen LogP contribution in [0.5, 0.6) is 0 Å². The third kappa shape index (κ3) is 2.80. The zero-order valence-electron chi connectivity index (χ0n) is 13.8. The fraction of sp³-hybridized carbons (Fsp3) is 0. The maximum Gasteiger partial charge on any atom is 0.270 e. The number of nitrogens with zero attached hydrogens (tertiary/aromatic N) is 2. The Labute approximate surface area is 148 Å². The Balaban J connectivity index is 1.65. The Bertz CT molecular complexity index is 1100. The number of imidazole rings is 2. The maximum absolute atomic E-state index is 5.63. The minimum Gasteiger partial charge on any atom is -0.338 e. The first-order valence-electron chi connectivity index (χ1n) is 7.94. The smallest absolute Gasteiger partial charge is 0.270 e. The van der Waals surface area contributed by atoms with Crippen LogP contribution in [-0.4, -0.2) is 31.6 Å². The van der Waals surface area contributed by atoms with Gasteiger partial charge in [0.15, 0.2) is 0 Å². The molecular weight excluding hydrogens is 328 g/mol. The molecule has 0 atom stereocenters. The van der Waals surface area contributed by atoms with Gasteiger partial charge in [0.05, 0.1) is 33.2 Å². The van der Waals surface area contributed by atoms with E-state index in [1.165, 1.54) is 0 Å². The second kappa shape index (κ2) is 5.85. The largest absolute Gasteiger partial charge is 0.338 e. The summed E-state index contributed by atoms with van der Waals surface area (Å²) >= 11 is 0. The van der Waals surface area contributed by atoms with E-state index in [1.54, 1.807) is 0 Å². The fourth-order valence-electron chi connectivity index (χ4n) is 2.73. The van der Waals surface area contributed by atoms with Crippen LogP contribution in [-0.2, 0) is 0 Å². The number of hydrogen-bond donors (Lipinski definition) is 6. The topological polar surface area (TPSA) is 161 Å². The highest BCUT2D eigenvalue weighted by molar-refractivity contribution is 5.97. The molecule has 0 aliphatic carbocycles. The van der Waals surface area contributed by atoms with Crippen molar-refractivity contribution in [3.8, 4) is 0 Å². The second-order valence-electron chi connectivity index (χ2n) is 5.95. The van der Waals surface area contributed by atoms with Crippen LogP contribution in [0.4, 0.5) is 0 Å². The van der Waals surface area contributed by atoms with Crippen LogP contribution in [0.2, 0.25) is 0 Å². The summed E-state index contributed by atoms with van der Waals surface area (Å²) in [7, 11) is 0. The zero-order valence-corrected chi connectivity index (χ0v) is 13.8. The summed E-state index contributed by atoms with van der Waals surface area (Å²) in [6.07, 6.45) is 3.69. The molecule has 0 amide bonds. The predicted molar refractivity (Wildman–Crippen MR) is 102 cm³/mol. The standard InChI is InChI=1S/C18H16N8/c19-17(20)9-1-3-11-13(7-9)25-15(23-11)5-6-16-24-12-4-2-10(18(21)22)8-14(12)26-16/h1-8H,(H3,19,20)(H3,21,22)(H,23,25)(H,24,26)/p+2/b6-5+. The number of hydrogen-bond acceptors (Lipinski definition) is 2. The lowest BCUT2D eigenvalue weighted by atomic mass is 10.2. The van der Waals surface area contributed by atoms with E-state index < -0.39 is 0 Å². The molecule has 10 N–H and O–H groups in total. The van der Waals surface area contributed by atoms with Gasteiger partial charge in [0.25, 0.3) is 11.7 Å². The number of rotatable bonds is 4. The maximum atomic E-state index is 5.63. The zero-order chi connectivity index (χ0) is 18.3. The molecule has 0 bridgehead atoms. The summed E-state index contributed by atoms with van der Waals surface area (Å²) < 4.78 is 0. The molecule has 0 saturated carbocycles. The number of amidine groups is 2. The first-order chi connectivity index (χ1) is 12.5. The van der Waals surface area contributed by atoms with Gasteiger partial charge in [-0.25, -0.2) is 9.97 Å². The Morgan fingerprint density at radius 2 is 1.19 bits per heavy atom. The molecule has 0 aliphatic heterocycles. The molecule has 0 spiro atoms. The van der Waals surface area contributed by atoms with E-state index in [0.29, 0.717) is 11.6 Å². The average Bonchev–Trinajstić information content (AvgIpc) is 3.21. The quantitative estimate of drug-likeness (QED) is 0.197. The van der Waals surface area contributed by atoms with Crippen LogP contribution in [0.15, 0.2) is 36.4 Å². The predicted octanol–water partition coefficient (Wildman–Crippen LogP) is -1.46. The number of nitrogens with one attached hydrogen (secondary N) is 2. The Hall–Kier alpha value is -3.94. The first-order valence-corrected chi connectivity index (χ1v) is 7.94. The summed E-state index contributed by atoms with van der Waals surface area (Å²) in [5.74, 6) is 1.95. The van der Waals surface area contributed by atoms with Crippen molar-refractivity contribution in [1.82, 2.24) is 19.9 Å². The monoisotopic (exact) mass is 346 g/mol. The summed E-state index contributed by atoms with van der Waals surface area (Å²) in [6.45, 7) is 0. The van der Waals surface area contributed by atoms with E-state index in [1.807, 2.05) is 48.6 Å². The van der Waals surface area contributed by atoms with Gasteiger partial charge < -0.3 is 9.97 Å². The molecule has 0 aliphatic rings. The van der Waals surface area contributed by atoms with Gasteiger partial charge in [0, 0.05) is 0 Å². The highest BCUT2D eigenvalue weighted by atomic mass is 14.9. The van der Waals surface area contributed by atoms with E-state index in [2.05, 4.69) is 19.9 Å². The van der Waals surface area contributed by atoms with Crippen LogP contribution >= 0.6 is 0 Å². The van der Waals surface area contributed by atoms with Gasteiger partial charge in [-0.15, -0.1) is 0 Å². The molecule has 2 aromatic carbocycles. The van der Waals surface area contributed by atoms with Gasteiger partial charge >= 0.3 is 0 Å². The summed E-state index contributed by atoms with van der Waals surface area (Å²) in [5, 5.41) is 11.3. The second-order valence-corrected chi connectivity index (χ2v) is 5.95. The first kappa shape index (κ1) is 15.6. The van der Waals surface area contributed by atoms with Crippen molar-refractivity contribution in [3.63, 3.8) is 0 Å². The van der Waals surface area contributed by atoms with Gasteiger partial charge in [-0.3, -0.25) is 22.3 Å². The third-order valence-electron chi connectivity index (χ3n) is 4.07. The van der Waals surface area contributed by atoms with Gasteiger partial charge in [-0.05, 0) is 48.6 Å². The molecule has 4 aromatic rings. The van der Waals surface area contributed by atoms with Crippen molar-refractivity contribution < 1.29 is 10.8 Å². The molecule has 0 unspecified atom stereocenters. The minimum absolute atomic E-state index is 0.274. The normalized spacial score (nSPS) is 11.5. The Morgan fingerprint density at radius 3 is 1.58 bits per heavy atom. The molecule has 4 rings (SSSR count). The number of aromatic amines is 2. The van der Waals surface area contributed by atoms with Gasteiger partial charge in [-0.2, -0.15) is 0 Å². The minimum atomic E-state index is 0.274. The molecule has 2 heterocycles. The molecule has 8 heteroatoms. The third-order valence-corrected chi connectivity index (χ3v) is 4.07. The molecule has 0 fully saturated rings. The number of nitrogens with two attached hydrogens (primary N) is 4. The number of benzene rings is 2. The molecule has 128 valence electrons. The molecule has 0 radical (unpaired) electrons. The highest BCUT2D eigenvalue weighted by Crippen LogP contribution is 2.17. The van der Waals surface area contributed by atoms with Crippen molar-refractivity contribution in [2.24, 2.45) is 11.5 Å². The van der Waals surface area contributed by atoms with Crippen LogP contribution < -0.4 is 22.3 Å². The van der Waals surface area contributed by atoms with Gasteiger partial charge in [-0.1, -0.05) is 0 Å². The number of aromatic nitrogens is 4. The molecule has 0 saturated heterocycles. The molecule has 26 heavy (non-hydrogen) atoms. The molecule has 2 aromatic heterocycles. The van der Waals surface area contributed by atoms with Crippen molar-refractivity contribution >= 4 is 45.9 Å². The number of fused-ring (bicyclic) bond motifs is 2. The molecule has 8 nitrogen and oxygen atoms in total. The van der Waals surface area contributed by atoms with Gasteiger partial charge in [0.1, 0.15) is 11.6 Å². The van der Waals surface area contributed by atoms with E-state index in [0.717, 1.165) is 33.2 Å². The molecular formula is C18H18N8+2. The Kier molecular flexibility index (Phi) is 3.51. The van der Waals surface area contributed by atoms with Crippen LogP contribution in [0.25, 0.3) is 34.2 Å². The van der Waals surface area contributed by atoms with Crippen molar-refractivity contribution in [2.45, 2.75) is 0 Å². The summed E-state index contributed by atoms with van der Waals surface area (Å²) in [5.41, 5.74) is 16.2. The van der Waals surface area contributed by atoms with E-state index in [9.17, 15) is 0 Å². The van der Waals surface area contributed by atoms with Gasteiger partial charge in [0.2, 0.25) is 0 Å². The SMILES string of the molecule is NC(=[NH2+])c1ccc2nc(/C=C/c3nc4ccc(C(N)=[NH2+])cc4[nH]3)[nH]c2c1. The van der Waals surface area contributed by atoms with Crippen molar-refractivity contribution in [3.05, 3.63) is 59.2 Å². The lowest BCUT2D eigenvalue weighted by Gasteiger charge is -1.92. The average molecular weight is 346 g/mol. The van der Waals surface area contributed by atoms with E-state index in [4.69, 9.17) is 22.3 Å². The van der Waals surface area contributed by atoms with E-state index >= 15 is 0 Å². The summed E-state index contributed by atoms with van der Waals surface area (Å²) in [6, 6.07) is 11.1. The van der Waals surface area contributed by atoms with Crippen LogP contribution in [0.1, 0.15) is 22.8 Å². The number of H-pyrrole nitrogens is 2. The van der Waals surface area contributed by atoms with E-state index in [-0.39, 0.29) is 11.7 Å². The lowest BCUT2D eigenvalue weighted by molar-refractivity contribution is -0.115. The van der Waals surface area contributed by atoms with Crippen LogP contribution in [0.3, 0.4) is 0 Å². The lowest BCUT2D eigenvalue weighted by Crippen LogP contribution is -2.46.